The summed E-state index contributed by atoms with van der Waals surface area (Å²) in [7, 11) is 1.60. The van der Waals surface area contributed by atoms with Gasteiger partial charge in [0.15, 0.2) is 11.5 Å². The van der Waals surface area contributed by atoms with Crippen molar-refractivity contribution in [3.05, 3.63) is 64.8 Å². The molecule has 3 aromatic rings. The van der Waals surface area contributed by atoms with E-state index < -0.39 is 6.09 Å². The van der Waals surface area contributed by atoms with Gasteiger partial charge in [-0.05, 0) is 68.7 Å². The van der Waals surface area contributed by atoms with Gasteiger partial charge in [-0.15, -0.1) is 0 Å². The average Bonchev–Trinajstić information content (AvgIpc) is 2.96. The van der Waals surface area contributed by atoms with Gasteiger partial charge in [0.05, 0.1) is 20.3 Å². The number of halogens is 1. The molecule has 2 aromatic carbocycles. The summed E-state index contributed by atoms with van der Waals surface area (Å²) in [6.07, 6.45) is 1.32. The van der Waals surface area contributed by atoms with E-state index >= 15 is 0 Å². The molecule has 0 spiro atoms. The fraction of sp³-hybridized carbons (Fsp3) is 0.433. The maximum atomic E-state index is 12.1. The predicted molar refractivity (Wildman–Crippen MR) is 162 cm³/mol. The van der Waals surface area contributed by atoms with Crippen molar-refractivity contribution in [2.75, 3.05) is 56.7 Å². The maximum Gasteiger partial charge on any atom is 0.413 e. The van der Waals surface area contributed by atoms with Crippen LogP contribution >= 0.6 is 11.6 Å². The van der Waals surface area contributed by atoms with Gasteiger partial charge in [-0.2, -0.15) is 4.98 Å². The molecule has 1 aliphatic heterocycles. The van der Waals surface area contributed by atoms with Crippen molar-refractivity contribution in [3.63, 3.8) is 0 Å². The van der Waals surface area contributed by atoms with Gasteiger partial charge in [0, 0.05) is 61.7 Å². The topological polar surface area (TPSA) is 103 Å². The van der Waals surface area contributed by atoms with E-state index in [0.29, 0.717) is 34.9 Å². The van der Waals surface area contributed by atoms with Crippen molar-refractivity contribution in [2.24, 2.45) is 0 Å². The SMILES string of the molecule is COc1cc(Nc2nccc(N(Cc3cc(Cl)ccc3C)C(=O)O)n2)ccc1OCCCN1CCN(C(C)C)CC1. The number of nitrogens with zero attached hydrogens (tertiary/aromatic N) is 5. The lowest BCUT2D eigenvalue weighted by Crippen LogP contribution is -2.49. The molecule has 1 aromatic heterocycles. The fourth-order valence-corrected chi connectivity index (χ4v) is 4.95. The van der Waals surface area contributed by atoms with Crippen LogP contribution in [0.15, 0.2) is 48.7 Å². The highest BCUT2D eigenvalue weighted by Crippen LogP contribution is 2.31. The van der Waals surface area contributed by atoms with Gasteiger partial charge in [-0.1, -0.05) is 17.7 Å². The molecule has 1 saturated heterocycles. The number of aromatic nitrogens is 2. The van der Waals surface area contributed by atoms with Gasteiger partial charge in [-0.3, -0.25) is 9.80 Å². The molecule has 0 saturated carbocycles. The highest BCUT2D eigenvalue weighted by atomic mass is 35.5. The number of ether oxygens (including phenoxy) is 2. The summed E-state index contributed by atoms with van der Waals surface area (Å²) in [6, 6.07) is 13.1. The van der Waals surface area contributed by atoms with Crippen LogP contribution in [0.1, 0.15) is 31.4 Å². The van der Waals surface area contributed by atoms with E-state index in [4.69, 9.17) is 21.1 Å². The zero-order valence-electron chi connectivity index (χ0n) is 24.1. The Morgan fingerprint density at radius 1 is 1.12 bits per heavy atom. The second kappa shape index (κ2) is 14.3. The first kappa shape index (κ1) is 30.4. The third-order valence-corrected chi connectivity index (χ3v) is 7.46. The molecular weight excluding hydrogens is 544 g/mol. The second-order valence-corrected chi connectivity index (χ2v) is 10.8. The van der Waals surface area contributed by atoms with E-state index in [-0.39, 0.29) is 18.3 Å². The van der Waals surface area contributed by atoms with Gasteiger partial charge >= 0.3 is 6.09 Å². The summed E-state index contributed by atoms with van der Waals surface area (Å²) < 4.78 is 11.6. The molecule has 2 heterocycles. The zero-order chi connectivity index (χ0) is 29.4. The largest absolute Gasteiger partial charge is 0.493 e. The second-order valence-electron chi connectivity index (χ2n) is 10.3. The molecular formula is C30H39ClN6O4. The van der Waals surface area contributed by atoms with Gasteiger partial charge in [0.1, 0.15) is 5.82 Å². The van der Waals surface area contributed by atoms with Crippen molar-refractivity contribution in [1.82, 2.24) is 19.8 Å². The summed E-state index contributed by atoms with van der Waals surface area (Å²) in [5, 5.41) is 13.6. The summed E-state index contributed by atoms with van der Waals surface area (Å²) in [5.74, 6) is 1.74. The van der Waals surface area contributed by atoms with Crippen molar-refractivity contribution in [1.29, 1.82) is 0 Å². The third kappa shape index (κ3) is 8.45. The van der Waals surface area contributed by atoms with E-state index in [0.717, 1.165) is 55.2 Å². The highest BCUT2D eigenvalue weighted by Gasteiger charge is 2.20. The summed E-state index contributed by atoms with van der Waals surface area (Å²) in [6.45, 7) is 12.5. The first-order valence-corrected chi connectivity index (χ1v) is 14.2. The van der Waals surface area contributed by atoms with Crippen molar-refractivity contribution in [3.8, 4) is 11.5 Å². The molecule has 220 valence electrons. The molecule has 2 N–H and O–H groups in total. The third-order valence-electron chi connectivity index (χ3n) is 7.22. The van der Waals surface area contributed by atoms with Crippen LogP contribution in [-0.2, 0) is 6.54 Å². The van der Waals surface area contributed by atoms with Crippen LogP contribution in [0.5, 0.6) is 11.5 Å². The number of anilines is 3. The first-order chi connectivity index (χ1) is 19.7. The number of amides is 1. The number of hydrogen-bond donors (Lipinski definition) is 2. The number of nitrogens with one attached hydrogen (secondary N) is 1. The van der Waals surface area contributed by atoms with Crippen LogP contribution in [0.3, 0.4) is 0 Å². The minimum atomic E-state index is -1.13. The molecule has 0 bridgehead atoms. The standard InChI is InChI=1S/C30H39ClN6O4/c1-21(2)36-15-13-35(14-16-36)12-5-17-41-26-9-8-25(19-27(26)40-4)33-29-32-11-10-28(34-29)37(30(38)39)20-23-18-24(31)7-6-22(23)3/h6-11,18-19,21H,5,12-17,20H2,1-4H3,(H,38,39)(H,32,33,34). The number of hydrogen-bond acceptors (Lipinski definition) is 8. The predicted octanol–water partition coefficient (Wildman–Crippen LogP) is 5.67. The van der Waals surface area contributed by atoms with Crippen LogP contribution in [-0.4, -0.2) is 83.4 Å². The molecule has 10 nitrogen and oxygen atoms in total. The van der Waals surface area contributed by atoms with Gasteiger partial charge in [0.25, 0.3) is 0 Å². The van der Waals surface area contributed by atoms with Crippen LogP contribution in [0.2, 0.25) is 5.02 Å². The Kier molecular flexibility index (Phi) is 10.6. The number of aryl methyl sites for hydroxylation is 1. The molecule has 1 amide bonds. The number of benzene rings is 2. The molecule has 4 rings (SSSR count). The Morgan fingerprint density at radius 3 is 2.61 bits per heavy atom. The van der Waals surface area contributed by atoms with Crippen molar-refractivity contribution >= 4 is 35.1 Å². The molecule has 1 fully saturated rings. The Labute approximate surface area is 246 Å². The summed E-state index contributed by atoms with van der Waals surface area (Å²) >= 11 is 6.13. The van der Waals surface area contributed by atoms with E-state index in [9.17, 15) is 9.90 Å². The smallest absolute Gasteiger partial charge is 0.413 e. The van der Waals surface area contributed by atoms with E-state index in [1.165, 1.54) is 6.20 Å². The van der Waals surface area contributed by atoms with Crippen molar-refractivity contribution < 1.29 is 19.4 Å². The van der Waals surface area contributed by atoms with Crippen LogP contribution in [0.4, 0.5) is 22.2 Å². The molecule has 0 atom stereocenters. The van der Waals surface area contributed by atoms with E-state index in [1.807, 2.05) is 25.1 Å². The minimum Gasteiger partial charge on any atom is -0.493 e. The van der Waals surface area contributed by atoms with Gasteiger partial charge < -0.3 is 24.8 Å². The average molecular weight is 583 g/mol. The van der Waals surface area contributed by atoms with Crippen LogP contribution < -0.4 is 19.7 Å². The highest BCUT2D eigenvalue weighted by molar-refractivity contribution is 6.30. The Morgan fingerprint density at radius 2 is 1.90 bits per heavy atom. The number of methoxy groups -OCH3 is 1. The lowest BCUT2D eigenvalue weighted by molar-refractivity contribution is 0.104. The lowest BCUT2D eigenvalue weighted by atomic mass is 10.1. The molecule has 1 aliphatic rings. The zero-order valence-corrected chi connectivity index (χ0v) is 24.9. The maximum absolute atomic E-state index is 12.1. The quantitative estimate of drug-likeness (QED) is 0.261. The molecule has 0 aliphatic carbocycles. The first-order valence-electron chi connectivity index (χ1n) is 13.9. The summed E-state index contributed by atoms with van der Waals surface area (Å²) in [5.41, 5.74) is 2.41. The van der Waals surface area contributed by atoms with E-state index in [1.54, 1.807) is 31.4 Å². The molecule has 11 heteroatoms. The number of carboxylic acid groups (broad SMARTS) is 1. The number of carbonyl (C=O) groups is 1. The molecule has 0 radical (unpaired) electrons. The molecule has 0 unspecified atom stereocenters. The Bertz CT molecular complexity index is 1320. The Hall–Kier alpha value is -3.60. The van der Waals surface area contributed by atoms with Crippen molar-refractivity contribution in [2.45, 2.75) is 39.8 Å². The Balaban J connectivity index is 1.35. The normalized spacial score (nSPS) is 14.2. The van der Waals surface area contributed by atoms with Crippen LogP contribution in [0.25, 0.3) is 0 Å². The lowest BCUT2D eigenvalue weighted by Gasteiger charge is -2.36. The fourth-order valence-electron chi connectivity index (χ4n) is 4.75. The number of piperazine rings is 1. The minimum absolute atomic E-state index is 0.103. The molecule has 41 heavy (non-hydrogen) atoms. The number of rotatable bonds is 12. The van der Waals surface area contributed by atoms with E-state index in [2.05, 4.69) is 38.9 Å². The van der Waals surface area contributed by atoms with Gasteiger partial charge in [-0.25, -0.2) is 9.78 Å². The van der Waals surface area contributed by atoms with Gasteiger partial charge in [0.2, 0.25) is 5.95 Å². The monoisotopic (exact) mass is 582 g/mol. The van der Waals surface area contributed by atoms with Crippen LogP contribution in [0, 0.1) is 6.92 Å². The summed E-state index contributed by atoms with van der Waals surface area (Å²) in [4.78, 5) is 27.0.